The van der Waals surface area contributed by atoms with E-state index >= 15 is 0 Å². The Morgan fingerprint density at radius 1 is 1.32 bits per heavy atom. The van der Waals surface area contributed by atoms with Crippen LogP contribution >= 0.6 is 11.3 Å². The van der Waals surface area contributed by atoms with Crippen molar-refractivity contribution in [3.63, 3.8) is 0 Å². The van der Waals surface area contributed by atoms with Crippen LogP contribution in [0.5, 0.6) is 0 Å². The van der Waals surface area contributed by atoms with E-state index < -0.39 is 0 Å². The van der Waals surface area contributed by atoms with Gasteiger partial charge < -0.3 is 10.6 Å². The lowest BCUT2D eigenvalue weighted by atomic mass is 10.1. The minimum atomic E-state index is 0.0763. The molecule has 1 aromatic carbocycles. The van der Waals surface area contributed by atoms with Gasteiger partial charge in [0.05, 0.1) is 4.88 Å². The maximum Gasteiger partial charge on any atom is 0.264 e. The van der Waals surface area contributed by atoms with Crippen molar-refractivity contribution >= 4 is 22.9 Å². The molecular weight excluding hydrogens is 256 g/mol. The summed E-state index contributed by atoms with van der Waals surface area (Å²) in [6.45, 7) is 4.63. The molecule has 0 atom stereocenters. The van der Waals surface area contributed by atoms with Gasteiger partial charge in [0.1, 0.15) is 0 Å². The quantitative estimate of drug-likeness (QED) is 0.869. The summed E-state index contributed by atoms with van der Waals surface area (Å²) in [4.78, 5) is 15.1. The molecule has 0 saturated heterocycles. The smallest absolute Gasteiger partial charge is 0.264 e. The van der Waals surface area contributed by atoms with E-state index in [0.29, 0.717) is 6.54 Å². The molecule has 0 radical (unpaired) electrons. The van der Waals surface area contributed by atoms with Crippen LogP contribution in [0.2, 0.25) is 0 Å². The van der Waals surface area contributed by atoms with Crippen LogP contribution in [0.25, 0.3) is 0 Å². The minimum absolute atomic E-state index is 0.0763. The molecule has 100 valence electrons. The Morgan fingerprint density at radius 2 is 2.11 bits per heavy atom. The van der Waals surface area contributed by atoms with Crippen molar-refractivity contribution < 1.29 is 4.79 Å². The number of amides is 1. The molecule has 0 fully saturated rings. The number of carbonyl (C=O) groups excluding carboxylic acids is 1. The van der Waals surface area contributed by atoms with E-state index in [0.717, 1.165) is 16.1 Å². The molecule has 0 aliphatic heterocycles. The summed E-state index contributed by atoms with van der Waals surface area (Å²) in [5.74, 6) is 0.0763. The topological polar surface area (TPSA) is 46.3 Å². The summed E-state index contributed by atoms with van der Waals surface area (Å²) in [5, 5.41) is 1.92. The maximum absolute atomic E-state index is 12.4. The van der Waals surface area contributed by atoms with Crippen molar-refractivity contribution in [2.45, 2.75) is 26.4 Å². The monoisotopic (exact) mass is 274 g/mol. The van der Waals surface area contributed by atoms with E-state index in [1.165, 1.54) is 11.3 Å². The predicted molar refractivity (Wildman–Crippen MR) is 80.2 cm³/mol. The van der Waals surface area contributed by atoms with Gasteiger partial charge in [0.15, 0.2) is 0 Å². The van der Waals surface area contributed by atoms with Crippen LogP contribution in [0, 0.1) is 0 Å². The van der Waals surface area contributed by atoms with Crippen molar-refractivity contribution in [3.05, 3.63) is 52.2 Å². The lowest BCUT2D eigenvalue weighted by Crippen LogP contribution is -2.35. The zero-order valence-corrected chi connectivity index (χ0v) is 12.0. The molecule has 4 heteroatoms. The standard InChI is InChI=1S/C15H18N2OS/c1-11(2)17(15(18)14-7-4-8-19-14)10-12-5-3-6-13(16)9-12/h3-9,11H,10,16H2,1-2H3. The second kappa shape index (κ2) is 5.89. The van der Waals surface area contributed by atoms with Gasteiger partial charge in [-0.3, -0.25) is 4.79 Å². The molecule has 0 unspecified atom stereocenters. The Labute approximate surface area is 117 Å². The molecule has 2 aromatic rings. The molecule has 1 aromatic heterocycles. The normalized spacial score (nSPS) is 10.7. The Hall–Kier alpha value is -1.81. The molecule has 2 rings (SSSR count). The number of nitrogens with two attached hydrogens (primary N) is 1. The van der Waals surface area contributed by atoms with Crippen molar-refractivity contribution in [2.75, 3.05) is 5.73 Å². The van der Waals surface area contributed by atoms with Crippen LogP contribution in [0.4, 0.5) is 5.69 Å². The average molecular weight is 274 g/mol. The highest BCUT2D eigenvalue weighted by molar-refractivity contribution is 7.12. The lowest BCUT2D eigenvalue weighted by molar-refractivity contribution is 0.0695. The first kappa shape index (κ1) is 13.6. The molecular formula is C15H18N2OS. The molecule has 3 nitrogen and oxygen atoms in total. The zero-order valence-electron chi connectivity index (χ0n) is 11.2. The zero-order chi connectivity index (χ0) is 13.8. The van der Waals surface area contributed by atoms with Gasteiger partial charge in [-0.2, -0.15) is 0 Å². The van der Waals surface area contributed by atoms with Gasteiger partial charge >= 0.3 is 0 Å². The molecule has 1 amide bonds. The van der Waals surface area contributed by atoms with Gasteiger partial charge in [0.25, 0.3) is 5.91 Å². The van der Waals surface area contributed by atoms with Gasteiger partial charge in [-0.25, -0.2) is 0 Å². The first-order valence-electron chi connectivity index (χ1n) is 6.27. The van der Waals surface area contributed by atoms with Gasteiger partial charge in [-0.1, -0.05) is 18.2 Å². The number of hydrogen-bond donors (Lipinski definition) is 1. The highest BCUT2D eigenvalue weighted by Gasteiger charge is 2.19. The Bertz CT molecular complexity index is 549. The Kier molecular flexibility index (Phi) is 4.22. The third-order valence-corrected chi connectivity index (χ3v) is 3.78. The molecule has 0 bridgehead atoms. The SMILES string of the molecule is CC(C)N(Cc1cccc(N)c1)C(=O)c1cccs1. The second-order valence-corrected chi connectivity index (χ2v) is 5.70. The summed E-state index contributed by atoms with van der Waals surface area (Å²) in [5.41, 5.74) is 7.56. The van der Waals surface area contributed by atoms with Crippen LogP contribution in [-0.4, -0.2) is 16.8 Å². The second-order valence-electron chi connectivity index (χ2n) is 4.75. The fraction of sp³-hybridized carbons (Fsp3) is 0.267. The van der Waals surface area contributed by atoms with E-state index in [1.807, 2.05) is 60.5 Å². The summed E-state index contributed by atoms with van der Waals surface area (Å²) >= 11 is 1.47. The van der Waals surface area contributed by atoms with Crippen molar-refractivity contribution in [1.82, 2.24) is 4.90 Å². The third-order valence-electron chi connectivity index (χ3n) is 2.92. The summed E-state index contributed by atoms with van der Waals surface area (Å²) in [7, 11) is 0. The lowest BCUT2D eigenvalue weighted by Gasteiger charge is -2.26. The number of nitrogens with zero attached hydrogens (tertiary/aromatic N) is 1. The third kappa shape index (κ3) is 3.35. The minimum Gasteiger partial charge on any atom is -0.399 e. The van der Waals surface area contributed by atoms with Crippen LogP contribution in [0.1, 0.15) is 29.1 Å². The first-order valence-corrected chi connectivity index (χ1v) is 7.15. The van der Waals surface area contributed by atoms with Crippen LogP contribution in [0.3, 0.4) is 0 Å². The number of rotatable bonds is 4. The average Bonchev–Trinajstić information content (AvgIpc) is 2.88. The Balaban J connectivity index is 2.19. The van der Waals surface area contributed by atoms with E-state index in [9.17, 15) is 4.79 Å². The number of hydrogen-bond acceptors (Lipinski definition) is 3. The van der Waals surface area contributed by atoms with E-state index in [4.69, 9.17) is 5.73 Å². The van der Waals surface area contributed by atoms with E-state index in [-0.39, 0.29) is 11.9 Å². The van der Waals surface area contributed by atoms with Crippen molar-refractivity contribution in [1.29, 1.82) is 0 Å². The van der Waals surface area contributed by atoms with Gasteiger partial charge in [0.2, 0.25) is 0 Å². The summed E-state index contributed by atoms with van der Waals surface area (Å²) in [6.07, 6.45) is 0. The highest BCUT2D eigenvalue weighted by atomic mass is 32.1. The fourth-order valence-electron chi connectivity index (χ4n) is 1.92. The van der Waals surface area contributed by atoms with Gasteiger partial charge in [0, 0.05) is 18.3 Å². The first-order chi connectivity index (χ1) is 9.08. The molecule has 0 saturated carbocycles. The summed E-state index contributed by atoms with van der Waals surface area (Å²) in [6, 6.07) is 11.6. The number of thiophene rings is 1. The van der Waals surface area contributed by atoms with Crippen LogP contribution in [0.15, 0.2) is 41.8 Å². The number of benzene rings is 1. The molecule has 0 spiro atoms. The number of anilines is 1. The molecule has 0 aliphatic rings. The molecule has 2 N–H and O–H groups in total. The van der Waals surface area contributed by atoms with Crippen LogP contribution < -0.4 is 5.73 Å². The number of carbonyl (C=O) groups is 1. The van der Waals surface area contributed by atoms with Crippen LogP contribution in [-0.2, 0) is 6.54 Å². The largest absolute Gasteiger partial charge is 0.399 e. The molecule has 19 heavy (non-hydrogen) atoms. The maximum atomic E-state index is 12.4. The predicted octanol–water partition coefficient (Wildman–Crippen LogP) is 3.38. The van der Waals surface area contributed by atoms with E-state index in [1.54, 1.807) is 0 Å². The number of nitrogen functional groups attached to an aromatic ring is 1. The molecule has 1 heterocycles. The van der Waals surface area contributed by atoms with Gasteiger partial charge in [-0.05, 0) is 43.0 Å². The molecule has 0 aliphatic carbocycles. The highest BCUT2D eigenvalue weighted by Crippen LogP contribution is 2.17. The van der Waals surface area contributed by atoms with Gasteiger partial charge in [-0.15, -0.1) is 11.3 Å². The van der Waals surface area contributed by atoms with Crippen molar-refractivity contribution in [2.24, 2.45) is 0 Å². The van der Waals surface area contributed by atoms with Crippen molar-refractivity contribution in [3.8, 4) is 0 Å². The van der Waals surface area contributed by atoms with E-state index in [2.05, 4.69) is 0 Å². The fourth-order valence-corrected chi connectivity index (χ4v) is 2.60. The Morgan fingerprint density at radius 3 is 2.68 bits per heavy atom. The summed E-state index contributed by atoms with van der Waals surface area (Å²) < 4.78 is 0.